The number of nitrogens with zero attached hydrogens (tertiary/aromatic N) is 3. The molecule has 1 unspecified atom stereocenters. The van der Waals surface area contributed by atoms with Gasteiger partial charge in [-0.05, 0) is 37.1 Å². The maximum Gasteiger partial charge on any atom is 0.573 e. The first kappa shape index (κ1) is 19.3. The highest BCUT2D eigenvalue weighted by atomic mass is 32.2. The summed E-state index contributed by atoms with van der Waals surface area (Å²) in [7, 11) is 1.90. The lowest BCUT2D eigenvalue weighted by Gasteiger charge is -2.13. The minimum Gasteiger partial charge on any atom is -0.406 e. The normalized spacial score (nSPS) is 12.8. The molecule has 0 aliphatic heterocycles. The maximum absolute atomic E-state index is 12.3. The topological polar surface area (TPSA) is 39.9 Å². The molecule has 0 aliphatic rings. The Balaban J connectivity index is 1.75. The zero-order valence-electron chi connectivity index (χ0n) is 15.0. The number of ether oxygens (including phenoxy) is 1. The highest BCUT2D eigenvalue weighted by Crippen LogP contribution is 2.36. The van der Waals surface area contributed by atoms with Gasteiger partial charge in [0.15, 0.2) is 11.0 Å². The molecule has 0 aliphatic carbocycles. The van der Waals surface area contributed by atoms with Gasteiger partial charge in [-0.15, -0.1) is 23.4 Å². The van der Waals surface area contributed by atoms with Gasteiger partial charge in [-0.25, -0.2) is 0 Å². The van der Waals surface area contributed by atoms with E-state index in [0.717, 1.165) is 27.7 Å². The van der Waals surface area contributed by atoms with Crippen molar-refractivity contribution in [3.8, 4) is 17.1 Å². The average molecular weight is 393 g/mol. The number of aromatic nitrogens is 3. The van der Waals surface area contributed by atoms with Crippen LogP contribution < -0.4 is 4.74 Å². The van der Waals surface area contributed by atoms with Crippen LogP contribution in [0.3, 0.4) is 0 Å². The number of hydrogen-bond acceptors (Lipinski definition) is 4. The number of alkyl halides is 3. The van der Waals surface area contributed by atoms with Crippen LogP contribution in [0.1, 0.15) is 23.3 Å². The van der Waals surface area contributed by atoms with Crippen LogP contribution >= 0.6 is 11.8 Å². The quantitative estimate of drug-likeness (QED) is 0.534. The van der Waals surface area contributed by atoms with E-state index < -0.39 is 6.36 Å². The molecule has 0 amide bonds. The zero-order valence-corrected chi connectivity index (χ0v) is 15.8. The first-order valence-corrected chi connectivity index (χ1v) is 9.10. The first-order valence-electron chi connectivity index (χ1n) is 8.22. The third-order valence-electron chi connectivity index (χ3n) is 4.09. The van der Waals surface area contributed by atoms with Crippen LogP contribution in [0.4, 0.5) is 13.2 Å². The molecule has 0 fully saturated rings. The molecule has 4 nitrogen and oxygen atoms in total. The molecule has 0 bridgehead atoms. The summed E-state index contributed by atoms with van der Waals surface area (Å²) in [5, 5.41) is 9.28. The Kier molecular flexibility index (Phi) is 5.46. The van der Waals surface area contributed by atoms with Crippen molar-refractivity contribution in [2.75, 3.05) is 0 Å². The van der Waals surface area contributed by atoms with Gasteiger partial charge in [0.1, 0.15) is 5.75 Å². The van der Waals surface area contributed by atoms with Gasteiger partial charge in [-0.3, -0.25) is 0 Å². The van der Waals surface area contributed by atoms with Crippen molar-refractivity contribution in [1.29, 1.82) is 0 Å². The van der Waals surface area contributed by atoms with Crippen LogP contribution in [-0.2, 0) is 7.05 Å². The first-order chi connectivity index (χ1) is 12.7. The number of aryl methyl sites for hydroxylation is 1. The Labute approximate surface area is 159 Å². The van der Waals surface area contributed by atoms with E-state index in [1.165, 1.54) is 23.9 Å². The van der Waals surface area contributed by atoms with Gasteiger partial charge < -0.3 is 9.30 Å². The van der Waals surface area contributed by atoms with Crippen LogP contribution in [0, 0.1) is 6.92 Å². The van der Waals surface area contributed by atoms with Gasteiger partial charge in [0.2, 0.25) is 0 Å². The van der Waals surface area contributed by atoms with Crippen molar-refractivity contribution in [2.24, 2.45) is 7.05 Å². The zero-order chi connectivity index (χ0) is 19.6. The second-order valence-corrected chi connectivity index (χ2v) is 7.36. The van der Waals surface area contributed by atoms with E-state index in [0.29, 0.717) is 0 Å². The molecule has 1 aromatic heterocycles. The number of halogens is 3. The Morgan fingerprint density at radius 3 is 2.33 bits per heavy atom. The lowest BCUT2D eigenvalue weighted by molar-refractivity contribution is -0.274. The second kappa shape index (κ2) is 7.64. The third-order valence-corrected chi connectivity index (χ3v) is 5.28. The van der Waals surface area contributed by atoms with Gasteiger partial charge in [-0.2, -0.15) is 0 Å². The van der Waals surface area contributed by atoms with Crippen molar-refractivity contribution in [1.82, 2.24) is 14.8 Å². The molecule has 3 rings (SSSR count). The molecule has 2 aromatic carbocycles. The summed E-state index contributed by atoms with van der Waals surface area (Å²) in [5.41, 5.74) is 2.99. The molecular formula is C19H18F3N3OS. The van der Waals surface area contributed by atoms with Crippen LogP contribution in [0.2, 0.25) is 0 Å². The van der Waals surface area contributed by atoms with Gasteiger partial charge >= 0.3 is 6.36 Å². The monoisotopic (exact) mass is 393 g/mol. The Morgan fingerprint density at radius 1 is 1.04 bits per heavy atom. The number of benzene rings is 2. The Morgan fingerprint density at radius 2 is 1.70 bits per heavy atom. The largest absolute Gasteiger partial charge is 0.573 e. The van der Waals surface area contributed by atoms with E-state index in [4.69, 9.17) is 0 Å². The molecule has 1 atom stereocenters. The fourth-order valence-electron chi connectivity index (χ4n) is 2.64. The van der Waals surface area contributed by atoms with E-state index in [-0.39, 0.29) is 11.0 Å². The van der Waals surface area contributed by atoms with Crippen LogP contribution in [-0.4, -0.2) is 21.1 Å². The summed E-state index contributed by atoms with van der Waals surface area (Å²) in [4.78, 5) is 0. The molecule has 1 heterocycles. The fourth-order valence-corrected chi connectivity index (χ4v) is 3.58. The predicted octanol–water partition coefficient (Wildman–Crippen LogP) is 5.54. The fraction of sp³-hybridized carbons (Fsp3) is 0.263. The molecule has 0 saturated heterocycles. The third kappa shape index (κ3) is 4.63. The maximum atomic E-state index is 12.3. The van der Waals surface area contributed by atoms with Gasteiger partial charge in [0, 0.05) is 17.9 Å². The lowest BCUT2D eigenvalue weighted by Crippen LogP contribution is -2.17. The molecule has 0 spiro atoms. The van der Waals surface area contributed by atoms with Gasteiger partial charge in [0.25, 0.3) is 0 Å². The van der Waals surface area contributed by atoms with Crippen molar-refractivity contribution in [3.05, 3.63) is 59.7 Å². The standard InChI is InChI=1S/C19H18F3N3OS/c1-12-6-4-5-7-16(12)17-23-24-18(25(17)3)27-13(2)14-8-10-15(11-9-14)26-19(20,21)22/h4-11,13H,1-3H3. The second-order valence-electron chi connectivity index (χ2n) is 6.06. The summed E-state index contributed by atoms with van der Waals surface area (Å²) in [6, 6.07) is 13.8. The molecule has 27 heavy (non-hydrogen) atoms. The molecule has 3 aromatic rings. The molecule has 142 valence electrons. The Hall–Kier alpha value is -2.48. The highest BCUT2D eigenvalue weighted by Gasteiger charge is 2.31. The number of hydrogen-bond donors (Lipinski definition) is 0. The van der Waals surface area contributed by atoms with Gasteiger partial charge in [0.05, 0.1) is 0 Å². The average Bonchev–Trinajstić information content (AvgIpc) is 2.95. The van der Waals surface area contributed by atoms with Crippen molar-refractivity contribution < 1.29 is 17.9 Å². The number of rotatable bonds is 5. The van der Waals surface area contributed by atoms with Crippen molar-refractivity contribution in [3.63, 3.8) is 0 Å². The minimum absolute atomic E-state index is 0.0162. The molecule has 0 saturated carbocycles. The summed E-state index contributed by atoms with van der Waals surface area (Å²) < 4.78 is 42.6. The van der Waals surface area contributed by atoms with Crippen molar-refractivity contribution in [2.45, 2.75) is 30.6 Å². The summed E-state index contributed by atoms with van der Waals surface area (Å²) in [5.74, 6) is 0.542. The summed E-state index contributed by atoms with van der Waals surface area (Å²) in [6.07, 6.45) is -4.69. The van der Waals surface area contributed by atoms with E-state index in [9.17, 15) is 13.2 Å². The van der Waals surface area contributed by atoms with Crippen LogP contribution in [0.15, 0.2) is 53.7 Å². The van der Waals surface area contributed by atoms with E-state index in [1.54, 1.807) is 12.1 Å². The molecule has 0 N–H and O–H groups in total. The minimum atomic E-state index is -4.69. The summed E-state index contributed by atoms with van der Waals surface area (Å²) in [6.45, 7) is 3.98. The van der Waals surface area contributed by atoms with E-state index >= 15 is 0 Å². The smallest absolute Gasteiger partial charge is 0.406 e. The van der Waals surface area contributed by atoms with Crippen LogP contribution in [0.5, 0.6) is 5.75 Å². The number of thioether (sulfide) groups is 1. The SMILES string of the molecule is Cc1ccccc1-c1nnc(SC(C)c2ccc(OC(F)(F)F)cc2)n1C. The summed E-state index contributed by atoms with van der Waals surface area (Å²) >= 11 is 1.49. The van der Waals surface area contributed by atoms with E-state index in [1.807, 2.05) is 49.7 Å². The highest BCUT2D eigenvalue weighted by molar-refractivity contribution is 7.99. The van der Waals surface area contributed by atoms with Crippen molar-refractivity contribution >= 4 is 11.8 Å². The molecule has 8 heteroatoms. The van der Waals surface area contributed by atoms with Gasteiger partial charge in [-0.1, -0.05) is 48.2 Å². The lowest BCUT2D eigenvalue weighted by atomic mass is 10.1. The van der Waals surface area contributed by atoms with Crippen LogP contribution in [0.25, 0.3) is 11.4 Å². The predicted molar refractivity (Wildman–Crippen MR) is 98.6 cm³/mol. The Bertz CT molecular complexity index is 923. The molecular weight excluding hydrogens is 375 g/mol. The molecule has 0 radical (unpaired) electrons. The van der Waals surface area contributed by atoms with E-state index in [2.05, 4.69) is 14.9 Å².